The van der Waals surface area contributed by atoms with Crippen LogP contribution in [0.1, 0.15) is 85.5 Å². The second-order valence-electron chi connectivity index (χ2n) is 12.4. The average molecular weight is 588 g/mol. The molecule has 0 radical (unpaired) electrons. The zero-order chi connectivity index (χ0) is 30.3. The third-order valence-electron chi connectivity index (χ3n) is 8.12. The fraction of sp³-hybridized carbons (Fsp3) is 0.852. The second kappa shape index (κ2) is 14.0. The molecule has 0 aromatic carbocycles. The number of urea groups is 1. The fourth-order valence-electron chi connectivity index (χ4n) is 5.18. The van der Waals surface area contributed by atoms with Crippen LogP contribution in [0.2, 0.25) is 0 Å². The monoisotopic (exact) mass is 587 g/mol. The molecule has 4 N–H and O–H groups in total. The average Bonchev–Trinajstić information content (AvgIpc) is 3.31. The normalized spacial score (nSPS) is 23.5. The van der Waals surface area contributed by atoms with Crippen molar-refractivity contribution < 1.29 is 32.7 Å². The van der Waals surface area contributed by atoms with Crippen molar-refractivity contribution in [2.75, 3.05) is 32.9 Å². The predicted molar refractivity (Wildman–Crippen MR) is 152 cm³/mol. The lowest BCUT2D eigenvalue weighted by molar-refractivity contribution is -0.145. The van der Waals surface area contributed by atoms with Crippen molar-refractivity contribution in [1.29, 1.82) is 0 Å². The van der Waals surface area contributed by atoms with Crippen molar-refractivity contribution >= 4 is 33.8 Å². The summed E-state index contributed by atoms with van der Waals surface area (Å²) in [6.07, 6.45) is 8.64. The van der Waals surface area contributed by atoms with Crippen molar-refractivity contribution in [3.63, 3.8) is 0 Å². The highest BCUT2D eigenvalue weighted by atomic mass is 32.2. The van der Waals surface area contributed by atoms with Crippen molar-refractivity contribution in [3.8, 4) is 0 Å². The van der Waals surface area contributed by atoms with Gasteiger partial charge >= 0.3 is 12.0 Å². The van der Waals surface area contributed by atoms with E-state index in [1.807, 2.05) is 20.8 Å². The smallest absolute Gasteiger partial charge is 0.329 e. The Balaban J connectivity index is 1.91. The van der Waals surface area contributed by atoms with Crippen molar-refractivity contribution in [1.82, 2.24) is 25.2 Å². The fourth-order valence-corrected chi connectivity index (χ4v) is 5.60. The van der Waals surface area contributed by atoms with Crippen LogP contribution in [-0.2, 0) is 24.4 Å². The molecule has 2 aliphatic rings. The quantitative estimate of drug-likeness (QED) is 0.212. The molecule has 2 unspecified atom stereocenters. The predicted octanol–water partition coefficient (Wildman–Crippen LogP) is 1.90. The van der Waals surface area contributed by atoms with Gasteiger partial charge in [0, 0.05) is 26.2 Å². The van der Waals surface area contributed by atoms with E-state index in [1.165, 1.54) is 11.9 Å². The van der Waals surface area contributed by atoms with Crippen LogP contribution in [0.5, 0.6) is 0 Å². The lowest BCUT2D eigenvalue weighted by Gasteiger charge is -2.34. The van der Waals surface area contributed by atoms with Crippen molar-refractivity contribution in [2.45, 2.75) is 103 Å². The van der Waals surface area contributed by atoms with Crippen LogP contribution in [0.15, 0.2) is 0 Å². The Morgan fingerprint density at radius 3 is 2.35 bits per heavy atom. The summed E-state index contributed by atoms with van der Waals surface area (Å²) in [6, 6.07) is -1.94. The van der Waals surface area contributed by atoms with Gasteiger partial charge in [-0.1, -0.05) is 59.8 Å². The van der Waals surface area contributed by atoms with Crippen LogP contribution >= 0.6 is 0 Å². The van der Waals surface area contributed by atoms with E-state index in [-0.39, 0.29) is 19.0 Å². The number of nitrogens with one attached hydrogen (secondary N) is 3. The first-order valence-electron chi connectivity index (χ1n) is 14.3. The van der Waals surface area contributed by atoms with Gasteiger partial charge in [0.25, 0.3) is 0 Å². The van der Waals surface area contributed by atoms with E-state index < -0.39 is 56.9 Å². The number of aliphatic carboxylic acids is 1. The molecule has 12 nitrogen and oxygen atoms in total. The number of likely N-dealkylation sites (N-methyl/N-ethyl adjacent to an activating group) is 1. The summed E-state index contributed by atoms with van der Waals surface area (Å²) in [5.41, 5.74) is -1.73. The number of hydrogen-bond acceptors (Lipinski definition) is 6. The van der Waals surface area contributed by atoms with Gasteiger partial charge in [-0.05, 0) is 37.0 Å². The summed E-state index contributed by atoms with van der Waals surface area (Å²) in [5.74, 6) is -2.06. The van der Waals surface area contributed by atoms with Gasteiger partial charge in [0.1, 0.15) is 11.6 Å². The van der Waals surface area contributed by atoms with Crippen molar-refractivity contribution in [2.24, 2.45) is 11.3 Å². The molecule has 40 heavy (non-hydrogen) atoms. The number of hydrogen-bond donors (Lipinski definition) is 4. The molecule has 1 saturated heterocycles. The van der Waals surface area contributed by atoms with Crippen LogP contribution in [0.4, 0.5) is 4.79 Å². The minimum absolute atomic E-state index is 0.0587. The highest BCUT2D eigenvalue weighted by Crippen LogP contribution is 2.47. The highest BCUT2D eigenvalue weighted by molar-refractivity contribution is 7.88. The van der Waals surface area contributed by atoms with E-state index in [2.05, 4.69) is 22.9 Å². The molecular formula is C27H49N5O7S. The first kappa shape index (κ1) is 33.8. The number of amides is 4. The standard InChI is InChI=1S/C27H49N5O7S/c1-7-8-9-10-11-13-19-16-27(19,24(35)36)30-23(34)20-14-12-15-32(20)22(33)17-28-25(37)29-21(26(2,3)4)18-31(5)40(6,38)39/h19-21H,7-18H2,1-6H3,(H,30,34)(H,35,36)(H2,28,29,37)/t19?,20-,21?,27+/m0/s1. The van der Waals surface area contributed by atoms with E-state index in [1.54, 1.807) is 0 Å². The minimum atomic E-state index is -3.44. The van der Waals surface area contributed by atoms with Gasteiger partial charge in [0.05, 0.1) is 12.8 Å². The Labute approximate surface area is 239 Å². The molecule has 0 bridgehead atoms. The molecule has 1 saturated carbocycles. The Bertz CT molecular complexity index is 1030. The molecule has 0 spiro atoms. The Morgan fingerprint density at radius 2 is 1.77 bits per heavy atom. The number of carboxylic acids is 1. The Morgan fingerprint density at radius 1 is 1.12 bits per heavy atom. The lowest BCUT2D eigenvalue weighted by Crippen LogP contribution is -2.56. The first-order chi connectivity index (χ1) is 18.5. The molecule has 4 amide bonds. The summed E-state index contributed by atoms with van der Waals surface area (Å²) in [7, 11) is -2.01. The number of sulfonamides is 1. The Kier molecular flexibility index (Phi) is 11.8. The van der Waals surface area contributed by atoms with Crippen LogP contribution in [0.25, 0.3) is 0 Å². The summed E-state index contributed by atoms with van der Waals surface area (Å²) in [5, 5.41) is 17.9. The number of nitrogens with zero attached hydrogens (tertiary/aromatic N) is 2. The maximum Gasteiger partial charge on any atom is 0.329 e. The third kappa shape index (κ3) is 9.32. The van der Waals surface area contributed by atoms with Crippen LogP contribution in [0.3, 0.4) is 0 Å². The van der Waals surface area contributed by atoms with Crippen LogP contribution in [-0.4, -0.2) is 97.1 Å². The molecule has 2 fully saturated rings. The summed E-state index contributed by atoms with van der Waals surface area (Å²) in [6.45, 7) is 7.79. The molecule has 2 rings (SSSR count). The third-order valence-corrected chi connectivity index (χ3v) is 9.40. The number of rotatable bonds is 15. The minimum Gasteiger partial charge on any atom is -0.479 e. The number of carboxylic acid groups (broad SMARTS) is 1. The SMILES string of the molecule is CCCCCCCC1C[C@]1(NC(=O)[C@@H]1CCCN1C(=O)CNC(=O)NC(CN(C)S(C)(=O)=O)C(C)(C)C)C(=O)O. The van der Waals surface area contributed by atoms with Gasteiger partial charge in [0.15, 0.2) is 0 Å². The number of carbonyl (C=O) groups is 4. The molecule has 1 aliphatic carbocycles. The molecule has 0 aromatic heterocycles. The summed E-state index contributed by atoms with van der Waals surface area (Å²) < 4.78 is 24.8. The molecule has 0 aromatic rings. The maximum atomic E-state index is 13.1. The van der Waals surface area contributed by atoms with E-state index >= 15 is 0 Å². The van der Waals surface area contributed by atoms with Gasteiger partial charge in [-0.3, -0.25) is 9.59 Å². The van der Waals surface area contributed by atoms with E-state index in [4.69, 9.17) is 0 Å². The second-order valence-corrected chi connectivity index (χ2v) is 14.5. The molecular weight excluding hydrogens is 538 g/mol. The van der Waals surface area contributed by atoms with E-state index in [0.717, 1.165) is 49.1 Å². The van der Waals surface area contributed by atoms with Crippen molar-refractivity contribution in [3.05, 3.63) is 0 Å². The zero-order valence-electron chi connectivity index (χ0n) is 24.9. The summed E-state index contributed by atoms with van der Waals surface area (Å²) >= 11 is 0. The Hall–Kier alpha value is -2.41. The molecule has 1 aliphatic heterocycles. The van der Waals surface area contributed by atoms with Gasteiger partial charge in [-0.2, -0.15) is 0 Å². The van der Waals surface area contributed by atoms with E-state index in [0.29, 0.717) is 25.8 Å². The zero-order valence-corrected chi connectivity index (χ0v) is 25.7. The maximum absolute atomic E-state index is 13.1. The lowest BCUT2D eigenvalue weighted by atomic mass is 9.87. The van der Waals surface area contributed by atoms with Crippen LogP contribution in [0, 0.1) is 11.3 Å². The molecule has 230 valence electrons. The van der Waals surface area contributed by atoms with Gasteiger partial charge in [-0.25, -0.2) is 22.3 Å². The molecule has 13 heteroatoms. The molecule has 4 atom stereocenters. The number of unbranched alkanes of at least 4 members (excludes halogenated alkanes) is 4. The molecule has 1 heterocycles. The van der Waals surface area contributed by atoms with Gasteiger partial charge < -0.3 is 26.0 Å². The van der Waals surface area contributed by atoms with Gasteiger partial charge in [0.2, 0.25) is 21.8 Å². The summed E-state index contributed by atoms with van der Waals surface area (Å²) in [4.78, 5) is 52.2. The van der Waals surface area contributed by atoms with Gasteiger partial charge in [-0.15, -0.1) is 0 Å². The van der Waals surface area contributed by atoms with E-state index in [9.17, 15) is 32.7 Å². The first-order valence-corrected chi connectivity index (χ1v) is 16.2. The topological polar surface area (TPSA) is 165 Å². The number of likely N-dealkylation sites (tertiary alicyclic amines) is 1. The number of carbonyl (C=O) groups excluding carboxylic acids is 3. The highest BCUT2D eigenvalue weighted by Gasteiger charge is 2.61. The largest absolute Gasteiger partial charge is 0.479 e. The van der Waals surface area contributed by atoms with Crippen LogP contribution < -0.4 is 16.0 Å².